The van der Waals surface area contributed by atoms with Crippen molar-refractivity contribution in [3.8, 4) is 0 Å². The van der Waals surface area contributed by atoms with Gasteiger partial charge in [0, 0.05) is 18.8 Å². The molecule has 0 atom stereocenters. The number of hydrogen-bond donors (Lipinski definition) is 1. The van der Waals surface area contributed by atoms with Gasteiger partial charge < -0.3 is 5.73 Å². The van der Waals surface area contributed by atoms with Crippen molar-refractivity contribution < 1.29 is 12.8 Å². The molecular weight excluding hydrogens is 303 g/mol. The molecule has 1 fully saturated rings. The molecule has 0 radical (unpaired) electrons. The Labute approximate surface area is 133 Å². The highest BCUT2D eigenvalue weighted by Gasteiger charge is 2.26. The molecule has 0 bridgehead atoms. The zero-order chi connectivity index (χ0) is 16.9. The monoisotopic (exact) mass is 330 g/mol. The standard InChI is InChI=1S/C9H19NO2S.C7H8FN/c1-8-4-6-9(7-5-8)10(2)13(3,11)12;1-5-4-6(8)2-3-7(5)9/h8-9H,4-7H2,1-3H3;2-4H,9H2,1H3. The van der Waals surface area contributed by atoms with E-state index in [-0.39, 0.29) is 11.9 Å². The van der Waals surface area contributed by atoms with Crippen LogP contribution in [0.1, 0.15) is 38.2 Å². The Balaban J connectivity index is 0.000000235. The van der Waals surface area contributed by atoms with Gasteiger partial charge in [0.25, 0.3) is 0 Å². The number of hydrogen-bond acceptors (Lipinski definition) is 3. The number of nitrogen functional groups attached to an aromatic ring is 1. The average molecular weight is 330 g/mol. The molecule has 0 saturated heterocycles. The van der Waals surface area contributed by atoms with Crippen LogP contribution >= 0.6 is 0 Å². The van der Waals surface area contributed by atoms with Gasteiger partial charge in [-0.2, -0.15) is 0 Å². The van der Waals surface area contributed by atoms with Crippen LogP contribution in [0.3, 0.4) is 0 Å². The summed E-state index contributed by atoms with van der Waals surface area (Å²) in [6.07, 6.45) is 5.63. The van der Waals surface area contributed by atoms with Gasteiger partial charge in [-0.05, 0) is 62.3 Å². The highest BCUT2D eigenvalue weighted by molar-refractivity contribution is 7.88. The number of aryl methyl sites for hydroxylation is 1. The fourth-order valence-corrected chi connectivity index (χ4v) is 3.27. The number of benzene rings is 1. The van der Waals surface area contributed by atoms with Crippen molar-refractivity contribution in [3.63, 3.8) is 0 Å². The summed E-state index contributed by atoms with van der Waals surface area (Å²) in [4.78, 5) is 0. The van der Waals surface area contributed by atoms with E-state index in [0.717, 1.165) is 37.2 Å². The molecule has 0 spiro atoms. The zero-order valence-corrected chi connectivity index (χ0v) is 14.7. The highest BCUT2D eigenvalue weighted by atomic mass is 32.2. The summed E-state index contributed by atoms with van der Waals surface area (Å²) in [6, 6.07) is 4.56. The van der Waals surface area contributed by atoms with Gasteiger partial charge in [0.2, 0.25) is 10.0 Å². The molecule has 2 rings (SSSR count). The maximum absolute atomic E-state index is 12.3. The average Bonchev–Trinajstić information content (AvgIpc) is 2.43. The van der Waals surface area contributed by atoms with Gasteiger partial charge in [0.1, 0.15) is 5.82 Å². The van der Waals surface area contributed by atoms with E-state index in [1.807, 2.05) is 0 Å². The molecule has 0 aliphatic heterocycles. The maximum atomic E-state index is 12.3. The van der Waals surface area contributed by atoms with E-state index in [4.69, 9.17) is 5.73 Å². The molecule has 0 amide bonds. The summed E-state index contributed by atoms with van der Waals surface area (Å²) < 4.78 is 36.3. The van der Waals surface area contributed by atoms with Crippen LogP contribution in [0.2, 0.25) is 0 Å². The van der Waals surface area contributed by atoms with Crippen LogP contribution in [0.15, 0.2) is 18.2 Å². The third-order valence-corrected chi connectivity index (χ3v) is 5.60. The Morgan fingerprint density at radius 1 is 1.23 bits per heavy atom. The van der Waals surface area contributed by atoms with Crippen molar-refractivity contribution in [3.05, 3.63) is 29.6 Å². The molecule has 22 heavy (non-hydrogen) atoms. The van der Waals surface area contributed by atoms with E-state index >= 15 is 0 Å². The molecule has 6 heteroatoms. The molecule has 0 unspecified atom stereocenters. The summed E-state index contributed by atoms with van der Waals surface area (Å²) in [5.74, 6) is 0.533. The van der Waals surface area contributed by atoms with E-state index in [0.29, 0.717) is 5.69 Å². The van der Waals surface area contributed by atoms with E-state index in [1.165, 1.54) is 22.7 Å². The first-order valence-corrected chi connectivity index (χ1v) is 9.40. The second-order valence-electron chi connectivity index (χ2n) is 6.19. The molecule has 0 aromatic heterocycles. The van der Waals surface area contributed by atoms with Crippen molar-refractivity contribution in [2.45, 2.75) is 45.6 Å². The lowest BCUT2D eigenvalue weighted by Crippen LogP contribution is -2.38. The van der Waals surface area contributed by atoms with Crippen LogP contribution in [0, 0.1) is 18.7 Å². The predicted octanol–water partition coefficient (Wildman–Crippen LogP) is 3.17. The summed E-state index contributed by atoms with van der Waals surface area (Å²) in [7, 11) is -1.30. The fraction of sp³-hybridized carbons (Fsp3) is 0.625. The Morgan fingerprint density at radius 3 is 2.18 bits per heavy atom. The van der Waals surface area contributed by atoms with Gasteiger partial charge >= 0.3 is 0 Å². The normalized spacial score (nSPS) is 22.1. The minimum atomic E-state index is -2.99. The number of rotatable bonds is 2. The molecule has 126 valence electrons. The number of sulfonamides is 1. The van der Waals surface area contributed by atoms with Gasteiger partial charge in [-0.15, -0.1) is 0 Å². The SMILES string of the molecule is CC1CCC(N(C)S(C)(=O)=O)CC1.Cc1cc(F)ccc1N. The summed E-state index contributed by atoms with van der Waals surface area (Å²) in [5.41, 5.74) is 6.84. The third-order valence-electron chi connectivity index (χ3n) is 4.25. The molecule has 0 heterocycles. The molecule has 1 aliphatic rings. The van der Waals surface area contributed by atoms with E-state index < -0.39 is 10.0 Å². The quantitative estimate of drug-likeness (QED) is 0.847. The third kappa shape index (κ3) is 5.93. The highest BCUT2D eigenvalue weighted by Crippen LogP contribution is 2.27. The van der Waals surface area contributed by atoms with Crippen LogP contribution in [-0.4, -0.2) is 32.1 Å². The minimum Gasteiger partial charge on any atom is -0.399 e. The van der Waals surface area contributed by atoms with Crippen molar-refractivity contribution in [1.29, 1.82) is 0 Å². The van der Waals surface area contributed by atoms with Crippen LogP contribution in [-0.2, 0) is 10.0 Å². The smallest absolute Gasteiger partial charge is 0.211 e. The molecule has 1 saturated carbocycles. The Bertz CT molecular complexity index is 582. The lowest BCUT2D eigenvalue weighted by atomic mass is 9.87. The molecule has 4 nitrogen and oxygen atoms in total. The Kier molecular flexibility index (Phi) is 6.81. The molecule has 1 aromatic carbocycles. The zero-order valence-electron chi connectivity index (χ0n) is 13.8. The Morgan fingerprint density at radius 2 is 1.77 bits per heavy atom. The van der Waals surface area contributed by atoms with Crippen molar-refractivity contribution >= 4 is 15.7 Å². The summed E-state index contributed by atoms with van der Waals surface area (Å²) in [6.45, 7) is 4.01. The van der Waals surface area contributed by atoms with Gasteiger partial charge in [0.05, 0.1) is 6.26 Å². The van der Waals surface area contributed by atoms with Gasteiger partial charge in [-0.25, -0.2) is 17.1 Å². The first kappa shape index (κ1) is 18.9. The largest absolute Gasteiger partial charge is 0.399 e. The first-order valence-electron chi connectivity index (χ1n) is 7.56. The van der Waals surface area contributed by atoms with Crippen LogP contribution in [0.5, 0.6) is 0 Å². The van der Waals surface area contributed by atoms with Crippen molar-refractivity contribution in [1.82, 2.24) is 4.31 Å². The summed E-state index contributed by atoms with van der Waals surface area (Å²) in [5, 5.41) is 0. The van der Waals surface area contributed by atoms with Crippen molar-refractivity contribution in [2.75, 3.05) is 19.0 Å². The van der Waals surface area contributed by atoms with Gasteiger partial charge in [-0.3, -0.25) is 0 Å². The van der Waals surface area contributed by atoms with E-state index in [2.05, 4.69) is 6.92 Å². The van der Waals surface area contributed by atoms with Gasteiger partial charge in [-0.1, -0.05) is 6.92 Å². The van der Waals surface area contributed by atoms with Crippen LogP contribution in [0.4, 0.5) is 10.1 Å². The van der Waals surface area contributed by atoms with E-state index in [9.17, 15) is 12.8 Å². The molecule has 1 aliphatic carbocycles. The molecular formula is C16H27FN2O2S. The summed E-state index contributed by atoms with van der Waals surface area (Å²) >= 11 is 0. The van der Waals surface area contributed by atoms with Gasteiger partial charge in [0.15, 0.2) is 0 Å². The minimum absolute atomic E-state index is 0.235. The number of anilines is 1. The van der Waals surface area contributed by atoms with Crippen LogP contribution < -0.4 is 5.73 Å². The second-order valence-corrected chi connectivity index (χ2v) is 8.24. The maximum Gasteiger partial charge on any atom is 0.211 e. The number of nitrogens with zero attached hydrogens (tertiary/aromatic N) is 1. The lowest BCUT2D eigenvalue weighted by Gasteiger charge is -2.31. The van der Waals surface area contributed by atoms with Crippen LogP contribution in [0.25, 0.3) is 0 Å². The molecule has 2 N–H and O–H groups in total. The lowest BCUT2D eigenvalue weighted by molar-refractivity contribution is 0.247. The number of halogens is 1. The van der Waals surface area contributed by atoms with E-state index in [1.54, 1.807) is 20.0 Å². The fourth-order valence-electron chi connectivity index (χ4n) is 2.52. The number of nitrogens with two attached hydrogens (primary N) is 1. The predicted molar refractivity (Wildman–Crippen MR) is 89.6 cm³/mol. The second kappa shape index (κ2) is 7.92. The Hall–Kier alpha value is -1.14. The topological polar surface area (TPSA) is 63.4 Å². The van der Waals surface area contributed by atoms with Crippen molar-refractivity contribution in [2.24, 2.45) is 5.92 Å². The molecule has 1 aromatic rings. The first-order chi connectivity index (χ1) is 10.1.